The van der Waals surface area contributed by atoms with Crippen molar-refractivity contribution in [2.24, 2.45) is 0 Å². The molecule has 1 aliphatic heterocycles. The summed E-state index contributed by atoms with van der Waals surface area (Å²) in [6.07, 6.45) is 0.742. The summed E-state index contributed by atoms with van der Waals surface area (Å²) in [5.41, 5.74) is 0.220. The quantitative estimate of drug-likeness (QED) is 0.798. The maximum atomic E-state index is 11.8. The highest BCUT2D eigenvalue weighted by Gasteiger charge is 2.41. The van der Waals surface area contributed by atoms with E-state index in [1.807, 2.05) is 6.92 Å². The van der Waals surface area contributed by atoms with Gasteiger partial charge in [-0.2, -0.15) is 0 Å². The van der Waals surface area contributed by atoms with Gasteiger partial charge in [-0.15, -0.1) is 0 Å². The molecule has 0 unspecified atom stereocenters. The first-order chi connectivity index (χ1) is 7.58. The van der Waals surface area contributed by atoms with E-state index in [4.69, 9.17) is 16.3 Å². The van der Waals surface area contributed by atoms with Gasteiger partial charge in [-0.3, -0.25) is 4.79 Å². The minimum atomic E-state index is -0.567. The molecule has 1 amide bonds. The summed E-state index contributed by atoms with van der Waals surface area (Å²) in [7, 11) is 1.53. The lowest BCUT2D eigenvalue weighted by atomic mass is 9.81. The maximum Gasteiger partial charge on any atom is 0.230 e. The minimum absolute atomic E-state index is 0.00919. The lowest BCUT2D eigenvalue weighted by Gasteiger charge is -2.22. The van der Waals surface area contributed by atoms with Crippen molar-refractivity contribution in [2.75, 3.05) is 13.7 Å². The Hall–Kier alpha value is -1.29. The topological polar surface area (TPSA) is 51.2 Å². The summed E-state index contributed by atoms with van der Waals surface area (Å²) in [6, 6.07) is 3.48. The molecule has 0 bridgehead atoms. The number of carbonyl (C=O) groups is 1. The Morgan fingerprint density at radius 2 is 2.31 bits per heavy atom. The third-order valence-corrected chi connectivity index (χ3v) is 3.24. The number of nitrogens with zero attached hydrogens (tertiary/aromatic N) is 1. The second kappa shape index (κ2) is 3.94. The fraction of sp³-hybridized carbons (Fsp3) is 0.455. The molecule has 0 saturated carbocycles. The van der Waals surface area contributed by atoms with Crippen molar-refractivity contribution in [2.45, 2.75) is 18.8 Å². The Morgan fingerprint density at radius 1 is 1.56 bits per heavy atom. The molecule has 0 aliphatic carbocycles. The normalized spacial score (nSPS) is 24.3. The van der Waals surface area contributed by atoms with Crippen LogP contribution in [0.25, 0.3) is 0 Å². The smallest absolute Gasteiger partial charge is 0.230 e. The first-order valence-corrected chi connectivity index (χ1v) is 5.45. The van der Waals surface area contributed by atoms with Gasteiger partial charge in [0.15, 0.2) is 0 Å². The van der Waals surface area contributed by atoms with Crippen LogP contribution in [-0.4, -0.2) is 24.5 Å². The average Bonchev–Trinajstić information content (AvgIpc) is 2.60. The van der Waals surface area contributed by atoms with E-state index in [1.54, 1.807) is 12.1 Å². The highest BCUT2D eigenvalue weighted by molar-refractivity contribution is 6.29. The lowest BCUT2D eigenvalue weighted by Crippen LogP contribution is -2.32. The standard InChI is InChI=1S/C11H13ClN2O2/c1-11(5-6-13-10(11)15)7-3-4-8(12)14-9(7)16-2/h3-4H,5-6H2,1-2H3,(H,13,15)/t11-/m1/s1. The van der Waals surface area contributed by atoms with Crippen LogP contribution < -0.4 is 10.1 Å². The van der Waals surface area contributed by atoms with Crippen LogP contribution in [0.2, 0.25) is 5.15 Å². The number of aromatic nitrogens is 1. The van der Waals surface area contributed by atoms with Gasteiger partial charge < -0.3 is 10.1 Å². The molecule has 86 valence electrons. The van der Waals surface area contributed by atoms with Crippen molar-refractivity contribution in [3.8, 4) is 5.88 Å². The molecule has 16 heavy (non-hydrogen) atoms. The highest BCUT2D eigenvalue weighted by Crippen LogP contribution is 2.36. The monoisotopic (exact) mass is 240 g/mol. The molecule has 0 spiro atoms. The number of halogens is 1. The number of carbonyl (C=O) groups excluding carboxylic acids is 1. The Balaban J connectivity index is 2.51. The van der Waals surface area contributed by atoms with Gasteiger partial charge in [0, 0.05) is 12.1 Å². The predicted octanol–water partition coefficient (Wildman–Crippen LogP) is 1.52. The maximum absolute atomic E-state index is 11.8. The SMILES string of the molecule is COc1nc(Cl)ccc1[C@@]1(C)CCNC1=O. The van der Waals surface area contributed by atoms with E-state index in [-0.39, 0.29) is 5.91 Å². The average molecular weight is 241 g/mol. The van der Waals surface area contributed by atoms with Crippen molar-refractivity contribution in [3.63, 3.8) is 0 Å². The summed E-state index contributed by atoms with van der Waals surface area (Å²) >= 11 is 5.79. The van der Waals surface area contributed by atoms with Crippen LogP contribution in [-0.2, 0) is 10.2 Å². The second-order valence-corrected chi connectivity index (χ2v) is 4.42. The van der Waals surface area contributed by atoms with Gasteiger partial charge >= 0.3 is 0 Å². The molecule has 1 N–H and O–H groups in total. The molecule has 1 aromatic rings. The molecular weight excluding hydrogens is 228 g/mol. The molecule has 2 rings (SSSR count). The number of rotatable bonds is 2. The molecule has 0 aromatic carbocycles. The molecule has 2 heterocycles. The van der Waals surface area contributed by atoms with E-state index in [0.29, 0.717) is 17.6 Å². The van der Waals surface area contributed by atoms with Crippen LogP contribution in [0.15, 0.2) is 12.1 Å². The Kier molecular flexibility index (Phi) is 2.76. The Bertz CT molecular complexity index is 436. The van der Waals surface area contributed by atoms with Crippen molar-refractivity contribution in [3.05, 3.63) is 22.8 Å². The van der Waals surface area contributed by atoms with Crippen LogP contribution >= 0.6 is 11.6 Å². The fourth-order valence-corrected chi connectivity index (χ4v) is 2.12. The van der Waals surface area contributed by atoms with E-state index in [1.165, 1.54) is 7.11 Å². The van der Waals surface area contributed by atoms with Crippen molar-refractivity contribution < 1.29 is 9.53 Å². The van der Waals surface area contributed by atoms with Gasteiger partial charge in [-0.05, 0) is 25.5 Å². The number of nitrogens with one attached hydrogen (secondary N) is 1. The zero-order chi connectivity index (χ0) is 11.8. The van der Waals surface area contributed by atoms with Gasteiger partial charge in [0.25, 0.3) is 0 Å². The van der Waals surface area contributed by atoms with Gasteiger partial charge in [-0.25, -0.2) is 4.98 Å². The first kappa shape index (κ1) is 11.2. The molecular formula is C11H13ClN2O2. The zero-order valence-corrected chi connectivity index (χ0v) is 9.97. The van der Waals surface area contributed by atoms with Crippen LogP contribution in [0, 0.1) is 0 Å². The van der Waals surface area contributed by atoms with Gasteiger partial charge in [-0.1, -0.05) is 11.6 Å². The number of hydrogen-bond acceptors (Lipinski definition) is 3. The summed E-state index contributed by atoms with van der Waals surface area (Å²) in [6.45, 7) is 2.57. The van der Waals surface area contributed by atoms with Crippen LogP contribution in [0.3, 0.4) is 0 Å². The molecule has 4 nitrogen and oxygen atoms in total. The second-order valence-electron chi connectivity index (χ2n) is 4.03. The number of pyridine rings is 1. The van der Waals surface area contributed by atoms with E-state index in [2.05, 4.69) is 10.3 Å². The van der Waals surface area contributed by atoms with Crippen LogP contribution in [0.5, 0.6) is 5.88 Å². The lowest BCUT2D eigenvalue weighted by molar-refractivity contribution is -0.123. The van der Waals surface area contributed by atoms with Crippen LogP contribution in [0.1, 0.15) is 18.9 Å². The fourth-order valence-electron chi connectivity index (χ4n) is 1.99. The van der Waals surface area contributed by atoms with Crippen LogP contribution in [0.4, 0.5) is 0 Å². The molecule has 1 atom stereocenters. The van der Waals surface area contributed by atoms with E-state index in [9.17, 15) is 4.79 Å². The molecule has 0 radical (unpaired) electrons. The summed E-state index contributed by atoms with van der Waals surface area (Å²) in [5, 5.41) is 3.18. The minimum Gasteiger partial charge on any atom is -0.481 e. The number of ether oxygens (including phenoxy) is 1. The number of hydrogen-bond donors (Lipinski definition) is 1. The van der Waals surface area contributed by atoms with Gasteiger partial charge in [0.1, 0.15) is 5.15 Å². The van der Waals surface area contributed by atoms with Crippen molar-refractivity contribution in [1.82, 2.24) is 10.3 Å². The van der Waals surface area contributed by atoms with E-state index in [0.717, 1.165) is 12.0 Å². The Labute approximate surface area is 99.0 Å². The third kappa shape index (κ3) is 1.63. The molecule has 1 aromatic heterocycles. The highest BCUT2D eigenvalue weighted by atomic mass is 35.5. The third-order valence-electron chi connectivity index (χ3n) is 3.03. The largest absolute Gasteiger partial charge is 0.481 e. The molecule has 5 heteroatoms. The van der Waals surface area contributed by atoms with E-state index >= 15 is 0 Å². The molecule has 1 fully saturated rings. The molecule has 1 aliphatic rings. The summed E-state index contributed by atoms with van der Waals surface area (Å²) in [5.74, 6) is 0.432. The number of methoxy groups -OCH3 is 1. The van der Waals surface area contributed by atoms with Gasteiger partial charge in [0.05, 0.1) is 12.5 Å². The first-order valence-electron chi connectivity index (χ1n) is 5.07. The van der Waals surface area contributed by atoms with Crippen molar-refractivity contribution >= 4 is 17.5 Å². The summed E-state index contributed by atoms with van der Waals surface area (Å²) < 4.78 is 5.18. The predicted molar refractivity (Wildman–Crippen MR) is 60.8 cm³/mol. The van der Waals surface area contributed by atoms with Gasteiger partial charge in [0.2, 0.25) is 11.8 Å². The Morgan fingerprint density at radius 3 is 2.88 bits per heavy atom. The van der Waals surface area contributed by atoms with Crippen molar-refractivity contribution in [1.29, 1.82) is 0 Å². The molecule has 1 saturated heterocycles. The summed E-state index contributed by atoms with van der Waals surface area (Å²) in [4.78, 5) is 15.9. The number of amides is 1. The zero-order valence-electron chi connectivity index (χ0n) is 9.21. The van der Waals surface area contributed by atoms with E-state index < -0.39 is 5.41 Å².